The first-order chi connectivity index (χ1) is 17.6. The Bertz CT molecular complexity index is 842. The van der Waals surface area contributed by atoms with Crippen LogP contribution in [0.2, 0.25) is 0 Å². The van der Waals surface area contributed by atoms with Crippen molar-refractivity contribution in [2.75, 3.05) is 6.61 Å². The van der Waals surface area contributed by atoms with Crippen LogP contribution in [0.3, 0.4) is 0 Å². The molecule has 2 bridgehead atoms. The van der Waals surface area contributed by atoms with Crippen molar-refractivity contribution >= 4 is 11.9 Å². The summed E-state index contributed by atoms with van der Waals surface area (Å²) in [6.07, 6.45) is 5.10. The minimum Gasteiger partial charge on any atom is -0.460 e. The largest absolute Gasteiger partial charge is 0.460 e. The molecule has 7 heteroatoms. The molecule has 1 aliphatic carbocycles. The Morgan fingerprint density at radius 1 is 1.16 bits per heavy atom. The third-order valence-corrected chi connectivity index (χ3v) is 9.63. The minimum atomic E-state index is -1.10. The van der Waals surface area contributed by atoms with Crippen LogP contribution in [0.25, 0.3) is 0 Å². The van der Waals surface area contributed by atoms with E-state index in [9.17, 15) is 14.7 Å². The van der Waals surface area contributed by atoms with Crippen LogP contribution in [0.5, 0.6) is 0 Å². The van der Waals surface area contributed by atoms with Gasteiger partial charge in [-0.1, -0.05) is 58.6 Å². The van der Waals surface area contributed by atoms with E-state index in [2.05, 4.69) is 27.4 Å². The molecule has 210 valence electrons. The number of aliphatic hydroxyl groups is 1. The molecule has 0 spiro atoms. The molecule has 0 aromatic rings. The average Bonchev–Trinajstić information content (AvgIpc) is 3.19. The molecule has 3 aliphatic heterocycles. The molecule has 1 saturated carbocycles. The first-order valence-electron chi connectivity index (χ1n) is 14.6. The fourth-order valence-corrected chi connectivity index (χ4v) is 7.64. The van der Waals surface area contributed by atoms with Crippen LogP contribution in [0.15, 0.2) is 12.2 Å². The van der Waals surface area contributed by atoms with Gasteiger partial charge in [0.1, 0.15) is 17.8 Å². The number of carbonyl (C=O) groups is 2. The van der Waals surface area contributed by atoms with Gasteiger partial charge in [0.15, 0.2) is 6.10 Å². The van der Waals surface area contributed by atoms with Crippen molar-refractivity contribution in [2.45, 2.75) is 129 Å². The maximum absolute atomic E-state index is 13.1. The van der Waals surface area contributed by atoms with Gasteiger partial charge in [-0.15, -0.1) is 0 Å². The molecule has 0 aromatic heterocycles. The SMILES string of the molecule is C=C1CC[C@@H](OC(C)=O)[C@]2(C)OC[C@H](C)[C@@H]3C[C@@H](C)[C@@H](OC(=O)C(O)CCCCCC)[C@@H]4[C@H]3[C@@H]2O[C@H]4C1. The summed E-state index contributed by atoms with van der Waals surface area (Å²) in [6.45, 7) is 14.9. The fourth-order valence-electron chi connectivity index (χ4n) is 7.64. The quantitative estimate of drug-likeness (QED) is 0.274. The number of esters is 2. The van der Waals surface area contributed by atoms with Crippen molar-refractivity contribution in [3.8, 4) is 0 Å². The number of hydrogen-bond acceptors (Lipinski definition) is 7. The smallest absolute Gasteiger partial charge is 0.335 e. The van der Waals surface area contributed by atoms with E-state index in [0.29, 0.717) is 37.7 Å². The van der Waals surface area contributed by atoms with Gasteiger partial charge in [-0.2, -0.15) is 0 Å². The van der Waals surface area contributed by atoms with E-state index in [0.717, 1.165) is 44.1 Å². The lowest BCUT2D eigenvalue weighted by atomic mass is 9.59. The van der Waals surface area contributed by atoms with E-state index in [1.165, 1.54) is 6.92 Å². The fraction of sp³-hybridized carbons (Fsp3) is 0.867. The summed E-state index contributed by atoms with van der Waals surface area (Å²) in [4.78, 5) is 25.2. The standard InChI is InChI=1S/C30H48O7/c1-7-8-9-10-11-22(32)29(33)37-27-18(3)15-21-19(4)16-34-30(6)24(35-20(5)31)13-12-17(2)14-23-26(27)25(21)28(30)36-23/h18-19,21-28,32H,2,7-16H2,1,3-6H3/t18-,19+,21+,22?,23+,24-,25+,26+,27-,28+,30+/m1/s1. The molecular weight excluding hydrogens is 472 g/mol. The summed E-state index contributed by atoms with van der Waals surface area (Å²) >= 11 is 0. The second-order valence-corrected chi connectivity index (χ2v) is 12.5. The van der Waals surface area contributed by atoms with Gasteiger partial charge >= 0.3 is 11.9 Å². The Hall–Kier alpha value is -1.44. The molecule has 0 radical (unpaired) electrons. The Balaban J connectivity index is 1.64. The monoisotopic (exact) mass is 520 g/mol. The van der Waals surface area contributed by atoms with Crippen molar-refractivity contribution in [1.82, 2.24) is 0 Å². The van der Waals surface area contributed by atoms with E-state index >= 15 is 0 Å². The lowest BCUT2D eigenvalue weighted by Gasteiger charge is -2.47. The van der Waals surface area contributed by atoms with E-state index in [-0.39, 0.29) is 42.0 Å². The van der Waals surface area contributed by atoms with Crippen LogP contribution in [0.1, 0.15) is 92.4 Å². The molecule has 3 heterocycles. The topological polar surface area (TPSA) is 91.3 Å². The van der Waals surface area contributed by atoms with Gasteiger partial charge in [0.25, 0.3) is 0 Å². The van der Waals surface area contributed by atoms with Gasteiger partial charge in [0.05, 0.1) is 18.8 Å². The van der Waals surface area contributed by atoms with Gasteiger partial charge in [0, 0.05) is 18.8 Å². The van der Waals surface area contributed by atoms with Crippen LogP contribution in [0.4, 0.5) is 0 Å². The number of ether oxygens (including phenoxy) is 4. The molecule has 37 heavy (non-hydrogen) atoms. The van der Waals surface area contributed by atoms with Crippen LogP contribution in [-0.2, 0) is 28.5 Å². The summed E-state index contributed by atoms with van der Waals surface area (Å²) < 4.78 is 25.5. The highest BCUT2D eigenvalue weighted by atomic mass is 16.6. The van der Waals surface area contributed by atoms with Crippen LogP contribution in [-0.4, -0.2) is 59.8 Å². The summed E-state index contributed by atoms with van der Waals surface area (Å²) in [7, 11) is 0. The number of carbonyl (C=O) groups excluding carboxylic acids is 2. The van der Waals surface area contributed by atoms with Crippen LogP contribution in [0, 0.1) is 29.6 Å². The molecule has 3 saturated heterocycles. The lowest BCUT2D eigenvalue weighted by molar-refractivity contribution is -0.201. The Morgan fingerprint density at radius 3 is 2.62 bits per heavy atom. The second kappa shape index (κ2) is 11.7. The van der Waals surface area contributed by atoms with E-state index in [1.807, 2.05) is 6.92 Å². The third kappa shape index (κ3) is 5.79. The minimum absolute atomic E-state index is 0.0219. The van der Waals surface area contributed by atoms with Gasteiger partial charge in [-0.05, 0) is 56.8 Å². The highest BCUT2D eigenvalue weighted by Gasteiger charge is 2.65. The normalized spacial score (nSPS) is 42.1. The third-order valence-electron chi connectivity index (χ3n) is 9.63. The van der Waals surface area contributed by atoms with Crippen molar-refractivity contribution in [1.29, 1.82) is 0 Å². The predicted octanol–water partition coefficient (Wildman–Crippen LogP) is 4.98. The van der Waals surface area contributed by atoms with Crippen molar-refractivity contribution in [3.63, 3.8) is 0 Å². The number of aliphatic hydroxyl groups excluding tert-OH is 1. The number of unbranched alkanes of at least 4 members (excludes halogenated alkanes) is 3. The highest BCUT2D eigenvalue weighted by Crippen LogP contribution is 2.58. The van der Waals surface area contributed by atoms with Gasteiger partial charge < -0.3 is 24.1 Å². The molecule has 11 atom stereocenters. The molecule has 1 unspecified atom stereocenters. The molecule has 4 fully saturated rings. The number of fused-ring (bicyclic) bond motifs is 2. The number of rotatable bonds is 8. The molecular formula is C30H48O7. The first kappa shape index (κ1) is 28.6. The van der Waals surface area contributed by atoms with Gasteiger partial charge in [0.2, 0.25) is 0 Å². The maximum Gasteiger partial charge on any atom is 0.335 e. The molecule has 1 N–H and O–H groups in total. The molecule has 0 aromatic carbocycles. The Kier molecular flexibility index (Phi) is 9.07. The summed E-state index contributed by atoms with van der Waals surface area (Å²) in [5, 5.41) is 10.6. The Labute approximate surface area is 222 Å². The van der Waals surface area contributed by atoms with Gasteiger partial charge in [-0.3, -0.25) is 4.79 Å². The van der Waals surface area contributed by atoms with Crippen LogP contribution >= 0.6 is 0 Å². The predicted molar refractivity (Wildman–Crippen MR) is 140 cm³/mol. The summed E-state index contributed by atoms with van der Waals surface area (Å²) in [5.41, 5.74) is 0.249. The maximum atomic E-state index is 13.1. The zero-order valence-corrected chi connectivity index (χ0v) is 23.4. The summed E-state index contributed by atoms with van der Waals surface area (Å²) in [6, 6.07) is 0. The van der Waals surface area contributed by atoms with Gasteiger partial charge in [-0.25, -0.2) is 4.79 Å². The second-order valence-electron chi connectivity index (χ2n) is 12.5. The van der Waals surface area contributed by atoms with E-state index in [1.54, 1.807) is 0 Å². The highest BCUT2D eigenvalue weighted by molar-refractivity contribution is 5.74. The van der Waals surface area contributed by atoms with Crippen molar-refractivity contribution in [2.24, 2.45) is 29.6 Å². The molecule has 4 rings (SSSR count). The summed E-state index contributed by atoms with van der Waals surface area (Å²) in [5.74, 6) is 0.0221. The molecule has 7 nitrogen and oxygen atoms in total. The molecule has 0 amide bonds. The first-order valence-corrected chi connectivity index (χ1v) is 14.6. The Morgan fingerprint density at radius 2 is 1.92 bits per heavy atom. The zero-order chi connectivity index (χ0) is 26.9. The van der Waals surface area contributed by atoms with E-state index in [4.69, 9.17) is 18.9 Å². The lowest BCUT2D eigenvalue weighted by Crippen LogP contribution is -2.57. The number of hydrogen-bond donors (Lipinski definition) is 1. The van der Waals surface area contributed by atoms with Crippen molar-refractivity contribution in [3.05, 3.63) is 12.2 Å². The zero-order valence-electron chi connectivity index (χ0n) is 23.4. The van der Waals surface area contributed by atoms with Crippen molar-refractivity contribution < 1.29 is 33.6 Å². The van der Waals surface area contributed by atoms with Crippen LogP contribution < -0.4 is 0 Å². The molecule has 4 aliphatic rings. The van der Waals surface area contributed by atoms with E-state index < -0.39 is 23.8 Å². The average molecular weight is 521 g/mol.